The highest BCUT2D eigenvalue weighted by molar-refractivity contribution is 6.19. The SMILES string of the molecule is O=C1NC(=O)C2(CCCC2)C(=O)N1Cc1cccnc1. The zero-order valence-corrected chi connectivity index (χ0v) is 11.0. The van der Waals surface area contributed by atoms with Gasteiger partial charge in [-0.3, -0.25) is 24.8 Å². The highest BCUT2D eigenvalue weighted by Gasteiger charge is 2.54. The summed E-state index contributed by atoms with van der Waals surface area (Å²) in [5.74, 6) is -0.806. The van der Waals surface area contributed by atoms with Crippen molar-refractivity contribution in [2.24, 2.45) is 5.41 Å². The quantitative estimate of drug-likeness (QED) is 0.822. The van der Waals surface area contributed by atoms with Gasteiger partial charge in [0.25, 0.3) is 0 Å². The predicted octanol–water partition coefficient (Wildman–Crippen LogP) is 1.22. The fraction of sp³-hybridized carbons (Fsp3) is 0.429. The van der Waals surface area contributed by atoms with Gasteiger partial charge in [-0.2, -0.15) is 0 Å². The average Bonchev–Trinajstić information content (AvgIpc) is 2.94. The number of hydrogen-bond acceptors (Lipinski definition) is 4. The predicted molar refractivity (Wildman–Crippen MR) is 69.2 cm³/mol. The first-order valence-electron chi connectivity index (χ1n) is 6.70. The minimum absolute atomic E-state index is 0.146. The summed E-state index contributed by atoms with van der Waals surface area (Å²) in [6, 6.07) is 2.91. The van der Waals surface area contributed by atoms with Crippen LogP contribution in [0, 0.1) is 5.41 Å². The largest absolute Gasteiger partial charge is 0.331 e. The Morgan fingerprint density at radius 1 is 1.25 bits per heavy atom. The molecule has 0 bridgehead atoms. The molecule has 0 aromatic carbocycles. The summed E-state index contributed by atoms with van der Waals surface area (Å²) in [6.45, 7) is 0.146. The molecule has 104 valence electrons. The standard InChI is InChI=1S/C14H15N3O3/c18-11-14(5-1-2-6-14)12(19)17(13(20)16-11)9-10-4-3-7-15-8-10/h3-4,7-8H,1-2,5-6,9H2,(H,16,18,20). The molecule has 1 saturated carbocycles. The second-order valence-electron chi connectivity index (χ2n) is 5.30. The third-order valence-corrected chi connectivity index (χ3v) is 4.08. The summed E-state index contributed by atoms with van der Waals surface area (Å²) < 4.78 is 0. The Morgan fingerprint density at radius 2 is 2.00 bits per heavy atom. The molecular formula is C14H15N3O3. The number of nitrogens with one attached hydrogen (secondary N) is 1. The van der Waals surface area contributed by atoms with Gasteiger partial charge in [-0.05, 0) is 24.5 Å². The molecule has 0 unspecified atom stereocenters. The summed E-state index contributed by atoms with van der Waals surface area (Å²) in [5.41, 5.74) is -0.269. The third-order valence-electron chi connectivity index (χ3n) is 4.08. The fourth-order valence-electron chi connectivity index (χ4n) is 2.97. The van der Waals surface area contributed by atoms with Crippen molar-refractivity contribution in [3.05, 3.63) is 30.1 Å². The van der Waals surface area contributed by atoms with Crippen molar-refractivity contribution >= 4 is 17.8 Å². The van der Waals surface area contributed by atoms with Crippen molar-refractivity contribution in [2.45, 2.75) is 32.2 Å². The minimum atomic E-state index is -1.03. The second-order valence-corrected chi connectivity index (χ2v) is 5.30. The van der Waals surface area contributed by atoms with E-state index in [1.165, 1.54) is 0 Å². The van der Waals surface area contributed by atoms with E-state index in [2.05, 4.69) is 10.3 Å². The van der Waals surface area contributed by atoms with Gasteiger partial charge in [0.2, 0.25) is 11.8 Å². The molecule has 2 heterocycles. The molecule has 1 aliphatic heterocycles. The van der Waals surface area contributed by atoms with Crippen molar-refractivity contribution in [3.8, 4) is 0 Å². The number of pyridine rings is 1. The molecule has 20 heavy (non-hydrogen) atoms. The van der Waals surface area contributed by atoms with E-state index in [1.54, 1.807) is 24.5 Å². The molecule has 6 nitrogen and oxygen atoms in total. The molecule has 0 radical (unpaired) electrons. The molecule has 2 aliphatic rings. The van der Waals surface area contributed by atoms with Crippen molar-refractivity contribution in [1.82, 2.24) is 15.2 Å². The molecule has 1 aliphatic carbocycles. The fourth-order valence-corrected chi connectivity index (χ4v) is 2.97. The summed E-state index contributed by atoms with van der Waals surface area (Å²) in [4.78, 5) is 41.7. The summed E-state index contributed by atoms with van der Waals surface area (Å²) in [7, 11) is 0. The van der Waals surface area contributed by atoms with Crippen LogP contribution in [0.1, 0.15) is 31.2 Å². The van der Waals surface area contributed by atoms with E-state index in [1.807, 2.05) is 0 Å². The molecule has 1 aromatic rings. The number of barbiturate groups is 1. The lowest BCUT2D eigenvalue weighted by atomic mass is 9.82. The zero-order chi connectivity index (χ0) is 14.2. The van der Waals surface area contributed by atoms with E-state index in [9.17, 15) is 14.4 Å². The molecule has 4 amide bonds. The van der Waals surface area contributed by atoms with Crippen LogP contribution in [0.3, 0.4) is 0 Å². The topological polar surface area (TPSA) is 79.4 Å². The lowest BCUT2D eigenvalue weighted by molar-refractivity contribution is -0.151. The van der Waals surface area contributed by atoms with Crippen molar-refractivity contribution < 1.29 is 14.4 Å². The van der Waals surface area contributed by atoms with Gasteiger partial charge in [0.15, 0.2) is 0 Å². The van der Waals surface area contributed by atoms with Crippen LogP contribution >= 0.6 is 0 Å². The molecule has 1 aromatic heterocycles. The zero-order valence-electron chi connectivity index (χ0n) is 11.0. The first kappa shape index (κ1) is 12.8. The van der Waals surface area contributed by atoms with Crippen LogP contribution in [0.2, 0.25) is 0 Å². The third kappa shape index (κ3) is 1.88. The van der Waals surface area contributed by atoms with Crippen LogP contribution in [0.25, 0.3) is 0 Å². The maximum absolute atomic E-state index is 12.6. The number of amides is 4. The van der Waals surface area contributed by atoms with Gasteiger partial charge in [0, 0.05) is 12.4 Å². The monoisotopic (exact) mass is 273 g/mol. The lowest BCUT2D eigenvalue weighted by Gasteiger charge is -2.36. The highest BCUT2D eigenvalue weighted by Crippen LogP contribution is 2.41. The van der Waals surface area contributed by atoms with E-state index < -0.39 is 17.4 Å². The van der Waals surface area contributed by atoms with Gasteiger partial charge in [0.1, 0.15) is 5.41 Å². The highest BCUT2D eigenvalue weighted by atomic mass is 16.2. The first-order chi connectivity index (χ1) is 9.63. The van der Waals surface area contributed by atoms with Crippen LogP contribution in [-0.4, -0.2) is 27.7 Å². The minimum Gasteiger partial charge on any atom is -0.277 e. The number of rotatable bonds is 2. The van der Waals surface area contributed by atoms with E-state index in [0.29, 0.717) is 12.8 Å². The maximum atomic E-state index is 12.6. The molecular weight excluding hydrogens is 258 g/mol. The van der Waals surface area contributed by atoms with Gasteiger partial charge >= 0.3 is 6.03 Å². The maximum Gasteiger partial charge on any atom is 0.331 e. The number of imide groups is 2. The second kappa shape index (κ2) is 4.70. The normalized spacial score (nSPS) is 21.4. The lowest BCUT2D eigenvalue weighted by Crippen LogP contribution is -2.62. The number of carbonyl (C=O) groups excluding carboxylic acids is 3. The molecule has 0 atom stereocenters. The van der Waals surface area contributed by atoms with Crippen molar-refractivity contribution in [2.75, 3.05) is 0 Å². The Labute approximate surface area is 116 Å². The number of carbonyl (C=O) groups is 3. The first-order valence-corrected chi connectivity index (χ1v) is 6.70. The van der Waals surface area contributed by atoms with Crippen LogP contribution in [0.15, 0.2) is 24.5 Å². The summed E-state index contributed by atoms with van der Waals surface area (Å²) in [6.07, 6.45) is 5.97. The number of hydrogen-bond donors (Lipinski definition) is 1. The number of nitrogens with zero attached hydrogens (tertiary/aromatic N) is 2. The van der Waals surface area contributed by atoms with Crippen LogP contribution in [0.4, 0.5) is 4.79 Å². The molecule has 1 saturated heterocycles. The molecule has 6 heteroatoms. The number of urea groups is 1. The summed E-state index contributed by atoms with van der Waals surface area (Å²) in [5, 5.41) is 2.32. The van der Waals surface area contributed by atoms with Crippen molar-refractivity contribution in [1.29, 1.82) is 0 Å². The summed E-state index contributed by atoms with van der Waals surface area (Å²) >= 11 is 0. The van der Waals surface area contributed by atoms with Gasteiger partial charge in [0.05, 0.1) is 6.54 Å². The van der Waals surface area contributed by atoms with E-state index in [-0.39, 0.29) is 12.5 Å². The molecule has 3 rings (SSSR count). The Bertz CT molecular complexity index is 564. The van der Waals surface area contributed by atoms with Crippen LogP contribution in [-0.2, 0) is 16.1 Å². The van der Waals surface area contributed by atoms with Gasteiger partial charge in [-0.1, -0.05) is 18.9 Å². The van der Waals surface area contributed by atoms with Gasteiger partial charge in [-0.25, -0.2) is 4.79 Å². The molecule has 2 fully saturated rings. The van der Waals surface area contributed by atoms with Crippen LogP contribution in [0.5, 0.6) is 0 Å². The molecule has 1 N–H and O–H groups in total. The van der Waals surface area contributed by atoms with Crippen LogP contribution < -0.4 is 5.32 Å². The van der Waals surface area contributed by atoms with Gasteiger partial charge in [-0.15, -0.1) is 0 Å². The Hall–Kier alpha value is -2.24. The Kier molecular flexibility index (Phi) is 3.00. The Balaban J connectivity index is 1.88. The average molecular weight is 273 g/mol. The van der Waals surface area contributed by atoms with E-state index >= 15 is 0 Å². The van der Waals surface area contributed by atoms with Crippen molar-refractivity contribution in [3.63, 3.8) is 0 Å². The smallest absolute Gasteiger partial charge is 0.277 e. The Morgan fingerprint density at radius 3 is 2.65 bits per heavy atom. The van der Waals surface area contributed by atoms with E-state index in [4.69, 9.17) is 0 Å². The molecule has 1 spiro atoms. The number of aromatic nitrogens is 1. The van der Waals surface area contributed by atoms with E-state index in [0.717, 1.165) is 23.3 Å². The van der Waals surface area contributed by atoms with Gasteiger partial charge < -0.3 is 0 Å².